The molecule has 2 fully saturated rings. The van der Waals surface area contributed by atoms with E-state index < -0.39 is 28.0 Å². The largest absolute Gasteiger partial charge is 0.361 e. The van der Waals surface area contributed by atoms with E-state index in [-0.39, 0.29) is 17.0 Å². The van der Waals surface area contributed by atoms with Gasteiger partial charge in [-0.05, 0) is 31.4 Å². The predicted molar refractivity (Wildman–Crippen MR) is 101 cm³/mol. The van der Waals surface area contributed by atoms with Crippen LogP contribution in [0.3, 0.4) is 0 Å². The summed E-state index contributed by atoms with van der Waals surface area (Å²) in [6, 6.07) is 3.35. The maximum Gasteiger partial charge on any atom is 0.235 e. The molecule has 1 spiro atoms. The molecule has 3 aliphatic rings. The zero-order valence-electron chi connectivity index (χ0n) is 15.6. The first kappa shape index (κ1) is 18.8. The van der Waals surface area contributed by atoms with Gasteiger partial charge in [0.15, 0.2) is 18.0 Å². The molecule has 2 aliphatic heterocycles. The summed E-state index contributed by atoms with van der Waals surface area (Å²) in [6.07, 6.45) is 2.72. The number of halogens is 2. The Balaban J connectivity index is 1.43. The summed E-state index contributed by atoms with van der Waals surface area (Å²) >= 11 is 0. The van der Waals surface area contributed by atoms with Gasteiger partial charge in [-0.3, -0.25) is 8.99 Å². The van der Waals surface area contributed by atoms with Crippen LogP contribution < -0.4 is 9.62 Å². The van der Waals surface area contributed by atoms with Crippen LogP contribution in [-0.4, -0.2) is 52.4 Å². The number of hydrogen-bond acceptors (Lipinski definition) is 6. The summed E-state index contributed by atoms with van der Waals surface area (Å²) in [4.78, 5) is 1.84. The second kappa shape index (κ2) is 6.38. The van der Waals surface area contributed by atoms with E-state index in [1.165, 1.54) is 10.4 Å². The predicted octanol–water partition coefficient (Wildman–Crippen LogP) is 1.44. The van der Waals surface area contributed by atoms with E-state index in [1.807, 2.05) is 9.58 Å². The molecule has 156 valence electrons. The van der Waals surface area contributed by atoms with Crippen molar-refractivity contribution in [2.75, 3.05) is 21.9 Å². The fourth-order valence-electron chi connectivity index (χ4n) is 4.27. The molecule has 5 rings (SSSR count). The molecule has 1 unspecified atom stereocenters. The molecule has 0 amide bonds. The number of rotatable bonds is 4. The second-order valence-electron chi connectivity index (χ2n) is 7.87. The molecule has 11 heteroatoms. The number of aliphatic hydroxyl groups is 1. The maximum absolute atomic E-state index is 13.5. The number of aliphatic hydroxyl groups excluding tert-OH is 1. The molecule has 2 aromatic rings. The van der Waals surface area contributed by atoms with Crippen LogP contribution in [0.15, 0.2) is 24.4 Å². The standard InChI is InChI=1S/C18H21F2N5O3S/c19-13-3-2-12(8-14(13)20)22-17(26)23-10-16-15(25-6-1-7-29(25,27)28)9-21-24(16)11-18(23)4-5-18/h2-3,8-9,17,22,26H,1,4-7,10-11H2. The number of benzene rings is 1. The van der Waals surface area contributed by atoms with Gasteiger partial charge in [-0.25, -0.2) is 22.1 Å². The molecular weight excluding hydrogens is 404 g/mol. The molecule has 0 radical (unpaired) electrons. The van der Waals surface area contributed by atoms with E-state index in [2.05, 4.69) is 10.4 Å². The number of sulfonamides is 1. The zero-order valence-corrected chi connectivity index (χ0v) is 16.4. The van der Waals surface area contributed by atoms with Gasteiger partial charge in [0.25, 0.3) is 0 Å². The van der Waals surface area contributed by atoms with Gasteiger partial charge in [-0.1, -0.05) is 0 Å². The smallest absolute Gasteiger partial charge is 0.235 e. The molecule has 1 saturated carbocycles. The highest BCUT2D eigenvalue weighted by atomic mass is 32.2. The van der Waals surface area contributed by atoms with Gasteiger partial charge in [0.1, 0.15) is 0 Å². The van der Waals surface area contributed by atoms with Gasteiger partial charge < -0.3 is 10.4 Å². The maximum atomic E-state index is 13.5. The van der Waals surface area contributed by atoms with Crippen molar-refractivity contribution in [1.82, 2.24) is 14.7 Å². The summed E-state index contributed by atoms with van der Waals surface area (Å²) in [5.74, 6) is -1.84. The molecule has 2 N–H and O–H groups in total. The minimum Gasteiger partial charge on any atom is -0.361 e. The Kier molecular flexibility index (Phi) is 4.13. The summed E-state index contributed by atoms with van der Waals surface area (Å²) in [7, 11) is -3.35. The summed E-state index contributed by atoms with van der Waals surface area (Å²) in [6.45, 7) is 1.24. The van der Waals surface area contributed by atoms with Gasteiger partial charge in [0.2, 0.25) is 10.0 Å². The van der Waals surface area contributed by atoms with Gasteiger partial charge >= 0.3 is 0 Å². The normalized spacial score (nSPS) is 23.2. The summed E-state index contributed by atoms with van der Waals surface area (Å²) in [5.41, 5.74) is 1.24. The first-order valence-electron chi connectivity index (χ1n) is 9.51. The zero-order chi connectivity index (χ0) is 20.4. The van der Waals surface area contributed by atoms with Crippen LogP contribution in [0.1, 0.15) is 25.0 Å². The third-order valence-electron chi connectivity index (χ3n) is 6.01. The number of nitrogens with one attached hydrogen (secondary N) is 1. The van der Waals surface area contributed by atoms with E-state index in [9.17, 15) is 22.3 Å². The first-order chi connectivity index (χ1) is 13.8. The van der Waals surface area contributed by atoms with Crippen molar-refractivity contribution in [3.05, 3.63) is 41.7 Å². The lowest BCUT2D eigenvalue weighted by Crippen LogP contribution is -2.53. The molecule has 29 heavy (non-hydrogen) atoms. The van der Waals surface area contributed by atoms with Gasteiger partial charge in [0.05, 0.1) is 29.9 Å². The highest BCUT2D eigenvalue weighted by Crippen LogP contribution is 2.48. The van der Waals surface area contributed by atoms with Crippen molar-refractivity contribution in [2.24, 2.45) is 0 Å². The number of fused-ring (bicyclic) bond motifs is 1. The number of hydrogen-bond donors (Lipinski definition) is 2. The van der Waals surface area contributed by atoms with Crippen molar-refractivity contribution < 1.29 is 22.3 Å². The van der Waals surface area contributed by atoms with Gasteiger partial charge in [-0.2, -0.15) is 5.10 Å². The van der Waals surface area contributed by atoms with Crippen LogP contribution in [0.25, 0.3) is 0 Å². The summed E-state index contributed by atoms with van der Waals surface area (Å²) < 4.78 is 54.6. The molecule has 1 aromatic carbocycles. The minimum atomic E-state index is -3.35. The van der Waals surface area contributed by atoms with Crippen molar-refractivity contribution >= 4 is 21.4 Å². The lowest BCUT2D eigenvalue weighted by Gasteiger charge is -2.40. The molecular formula is C18H21F2N5O3S. The Hall–Kier alpha value is -2.24. The average Bonchev–Trinajstić information content (AvgIpc) is 3.16. The van der Waals surface area contributed by atoms with E-state index in [1.54, 1.807) is 6.20 Å². The number of nitrogens with zero attached hydrogens (tertiary/aromatic N) is 4. The molecule has 0 bridgehead atoms. The van der Waals surface area contributed by atoms with Crippen LogP contribution >= 0.6 is 0 Å². The molecule has 1 aliphatic carbocycles. The van der Waals surface area contributed by atoms with Crippen LogP contribution in [0.2, 0.25) is 0 Å². The van der Waals surface area contributed by atoms with Crippen molar-refractivity contribution in [3.63, 3.8) is 0 Å². The lowest BCUT2D eigenvalue weighted by atomic mass is 10.1. The van der Waals surface area contributed by atoms with Crippen LogP contribution in [0.4, 0.5) is 20.2 Å². The number of aromatic nitrogens is 2. The van der Waals surface area contributed by atoms with E-state index >= 15 is 0 Å². The lowest BCUT2D eigenvalue weighted by molar-refractivity contribution is -0.0407. The Morgan fingerprint density at radius 1 is 1.24 bits per heavy atom. The topological polar surface area (TPSA) is 90.7 Å². The van der Waals surface area contributed by atoms with E-state index in [0.29, 0.717) is 31.7 Å². The minimum absolute atomic E-state index is 0.117. The highest BCUT2D eigenvalue weighted by molar-refractivity contribution is 7.93. The van der Waals surface area contributed by atoms with Crippen LogP contribution in [-0.2, 0) is 23.1 Å². The Morgan fingerprint density at radius 3 is 2.69 bits per heavy atom. The average molecular weight is 425 g/mol. The molecule has 8 nitrogen and oxygen atoms in total. The Labute approximate surface area is 166 Å². The molecule has 1 saturated heterocycles. The highest BCUT2D eigenvalue weighted by Gasteiger charge is 2.54. The Bertz CT molecular complexity index is 1070. The van der Waals surface area contributed by atoms with Crippen molar-refractivity contribution in [1.29, 1.82) is 0 Å². The van der Waals surface area contributed by atoms with E-state index in [4.69, 9.17) is 0 Å². The monoisotopic (exact) mass is 425 g/mol. The van der Waals surface area contributed by atoms with Gasteiger partial charge in [-0.15, -0.1) is 0 Å². The third-order valence-corrected chi connectivity index (χ3v) is 7.86. The molecule has 1 aromatic heterocycles. The van der Waals surface area contributed by atoms with Crippen LogP contribution in [0.5, 0.6) is 0 Å². The van der Waals surface area contributed by atoms with Crippen molar-refractivity contribution in [2.45, 2.75) is 44.2 Å². The van der Waals surface area contributed by atoms with Gasteiger partial charge in [0, 0.05) is 30.4 Å². The quantitative estimate of drug-likeness (QED) is 0.721. The second-order valence-corrected chi connectivity index (χ2v) is 9.89. The third kappa shape index (κ3) is 3.08. The van der Waals surface area contributed by atoms with Crippen LogP contribution in [0, 0.1) is 11.6 Å². The fourth-order valence-corrected chi connectivity index (χ4v) is 5.84. The number of anilines is 2. The van der Waals surface area contributed by atoms with Crippen molar-refractivity contribution in [3.8, 4) is 0 Å². The van der Waals surface area contributed by atoms with E-state index in [0.717, 1.165) is 30.7 Å². The SMILES string of the molecule is O=S1(=O)CCCN1c1cnn2c1CN(C(O)Nc1ccc(F)c(F)c1)C1(CC1)C2. The molecule has 1 atom stereocenters. The fraction of sp³-hybridized carbons (Fsp3) is 0.500. The first-order valence-corrected chi connectivity index (χ1v) is 11.1. The molecule has 3 heterocycles. The summed E-state index contributed by atoms with van der Waals surface area (Å²) in [5, 5.41) is 18.0. The Morgan fingerprint density at radius 2 is 2.03 bits per heavy atom.